The minimum atomic E-state index is -0.0828. The molecule has 2 aromatic carbocycles. The van der Waals surface area contributed by atoms with Crippen molar-refractivity contribution in [3.8, 4) is 0 Å². The first kappa shape index (κ1) is 23.7. The number of benzene rings is 2. The van der Waals surface area contributed by atoms with E-state index in [4.69, 9.17) is 23.2 Å². The lowest BCUT2D eigenvalue weighted by atomic mass is 9.95. The quantitative estimate of drug-likeness (QED) is 0.239. The molecule has 0 fully saturated rings. The molecule has 1 N–H and O–H groups in total. The van der Waals surface area contributed by atoms with Crippen LogP contribution in [-0.4, -0.2) is 41.5 Å². The van der Waals surface area contributed by atoms with Gasteiger partial charge in [-0.1, -0.05) is 30.3 Å². The zero-order valence-electron chi connectivity index (χ0n) is 18.8. The van der Waals surface area contributed by atoms with Gasteiger partial charge in [-0.05, 0) is 55.0 Å². The summed E-state index contributed by atoms with van der Waals surface area (Å²) in [4.78, 5) is 14.6. The van der Waals surface area contributed by atoms with E-state index in [0.717, 1.165) is 37.2 Å². The third-order valence-corrected chi connectivity index (χ3v) is 6.55. The standard InChI is InChI=1S/C26H30Cl2N4O/c27-14-17-31(18-15-28)21-11-9-20(10-12-21)19-29-30-26(33)13-16-32-24-7-3-1-5-22(24)23-6-2-4-8-25(23)32/h1,3,5,7,9-12,19H,2,4,6,8,13-18H2,(H,30,33)/b29-19+. The number of rotatable bonds is 10. The molecule has 1 aliphatic rings. The minimum absolute atomic E-state index is 0.0828. The van der Waals surface area contributed by atoms with Crippen LogP contribution in [0.1, 0.15) is 36.1 Å². The lowest BCUT2D eigenvalue weighted by Gasteiger charge is -2.22. The summed E-state index contributed by atoms with van der Waals surface area (Å²) in [7, 11) is 0. The summed E-state index contributed by atoms with van der Waals surface area (Å²) in [5.41, 5.74) is 8.76. The average Bonchev–Trinajstić information content (AvgIpc) is 3.17. The molecule has 0 saturated carbocycles. The van der Waals surface area contributed by atoms with Crippen molar-refractivity contribution < 1.29 is 4.79 Å². The Morgan fingerprint density at radius 2 is 1.76 bits per heavy atom. The molecule has 1 amide bonds. The highest BCUT2D eigenvalue weighted by Gasteiger charge is 2.19. The van der Waals surface area contributed by atoms with Crippen LogP contribution in [0.3, 0.4) is 0 Å². The van der Waals surface area contributed by atoms with Crippen molar-refractivity contribution in [2.24, 2.45) is 5.10 Å². The van der Waals surface area contributed by atoms with Crippen LogP contribution in [-0.2, 0) is 24.2 Å². The van der Waals surface area contributed by atoms with Gasteiger partial charge in [0, 0.05) is 60.1 Å². The first-order valence-electron chi connectivity index (χ1n) is 11.6. The summed E-state index contributed by atoms with van der Waals surface area (Å²) >= 11 is 11.8. The molecule has 1 aliphatic carbocycles. The summed E-state index contributed by atoms with van der Waals surface area (Å²) < 4.78 is 2.33. The lowest BCUT2D eigenvalue weighted by Crippen LogP contribution is -2.27. The third kappa shape index (κ3) is 5.71. The number of para-hydroxylation sites is 1. The summed E-state index contributed by atoms with van der Waals surface area (Å²) in [5.74, 6) is 1.02. The van der Waals surface area contributed by atoms with Gasteiger partial charge >= 0.3 is 0 Å². The van der Waals surface area contributed by atoms with Crippen LogP contribution < -0.4 is 10.3 Å². The number of hydrogen-bond acceptors (Lipinski definition) is 3. The molecule has 5 nitrogen and oxygen atoms in total. The number of anilines is 1. The van der Waals surface area contributed by atoms with Crippen LogP contribution >= 0.6 is 23.2 Å². The second-order valence-corrected chi connectivity index (χ2v) is 9.06. The van der Waals surface area contributed by atoms with Gasteiger partial charge in [-0.3, -0.25) is 4.79 Å². The van der Waals surface area contributed by atoms with E-state index in [9.17, 15) is 4.79 Å². The minimum Gasteiger partial charge on any atom is -0.369 e. The van der Waals surface area contributed by atoms with Gasteiger partial charge in [-0.2, -0.15) is 5.10 Å². The fourth-order valence-electron chi connectivity index (χ4n) is 4.64. The Labute approximate surface area is 205 Å². The van der Waals surface area contributed by atoms with E-state index in [1.54, 1.807) is 6.21 Å². The average molecular weight is 485 g/mol. The van der Waals surface area contributed by atoms with E-state index in [2.05, 4.69) is 44.3 Å². The summed E-state index contributed by atoms with van der Waals surface area (Å²) in [5, 5.41) is 5.49. The van der Waals surface area contributed by atoms with Crippen molar-refractivity contribution >= 4 is 51.9 Å². The number of fused-ring (bicyclic) bond motifs is 3. The molecule has 0 bridgehead atoms. The van der Waals surface area contributed by atoms with Gasteiger partial charge in [0.15, 0.2) is 0 Å². The molecular formula is C26H30Cl2N4O. The molecular weight excluding hydrogens is 455 g/mol. The number of alkyl halides is 2. The molecule has 1 aromatic heterocycles. The van der Waals surface area contributed by atoms with Crippen LogP contribution in [0.4, 0.5) is 5.69 Å². The normalized spacial score (nSPS) is 13.4. The Balaban J connectivity index is 1.34. The van der Waals surface area contributed by atoms with Crippen LogP contribution in [0.15, 0.2) is 53.6 Å². The van der Waals surface area contributed by atoms with E-state index < -0.39 is 0 Å². The molecule has 0 radical (unpaired) electrons. The molecule has 0 aliphatic heterocycles. The maximum Gasteiger partial charge on any atom is 0.241 e. The largest absolute Gasteiger partial charge is 0.369 e. The molecule has 0 saturated heterocycles. The van der Waals surface area contributed by atoms with Crippen LogP contribution in [0, 0.1) is 0 Å². The van der Waals surface area contributed by atoms with Gasteiger partial charge in [-0.25, -0.2) is 5.43 Å². The van der Waals surface area contributed by atoms with Crippen molar-refractivity contribution in [1.29, 1.82) is 0 Å². The molecule has 0 spiro atoms. The number of aryl methyl sites for hydroxylation is 2. The molecule has 0 atom stereocenters. The zero-order valence-corrected chi connectivity index (χ0v) is 20.3. The fourth-order valence-corrected chi connectivity index (χ4v) is 5.04. The summed E-state index contributed by atoms with van der Waals surface area (Å²) in [6.07, 6.45) is 6.75. The van der Waals surface area contributed by atoms with Crippen molar-refractivity contribution in [3.63, 3.8) is 0 Å². The number of carbonyl (C=O) groups excluding carboxylic acids is 1. The lowest BCUT2D eigenvalue weighted by molar-refractivity contribution is -0.121. The monoisotopic (exact) mass is 484 g/mol. The Morgan fingerprint density at radius 3 is 2.52 bits per heavy atom. The van der Waals surface area contributed by atoms with E-state index in [0.29, 0.717) is 24.7 Å². The van der Waals surface area contributed by atoms with E-state index in [1.807, 2.05) is 24.3 Å². The number of nitrogens with zero attached hydrogens (tertiary/aromatic N) is 3. The van der Waals surface area contributed by atoms with Gasteiger partial charge in [-0.15, -0.1) is 23.2 Å². The number of nitrogens with one attached hydrogen (secondary N) is 1. The number of aromatic nitrogens is 1. The molecule has 4 rings (SSSR count). The van der Waals surface area contributed by atoms with Gasteiger partial charge in [0.05, 0.1) is 6.21 Å². The smallest absolute Gasteiger partial charge is 0.241 e. The number of hydrazone groups is 1. The second kappa shape index (κ2) is 11.6. The molecule has 1 heterocycles. The Kier molecular flexibility index (Phi) is 8.30. The van der Waals surface area contributed by atoms with Gasteiger partial charge in [0.2, 0.25) is 5.91 Å². The SMILES string of the molecule is O=C(CCn1c2c(c3ccccc31)CCCC2)N/N=C/c1ccc(N(CCCl)CCCl)cc1. The summed E-state index contributed by atoms with van der Waals surface area (Å²) in [6, 6.07) is 16.5. The Morgan fingerprint density at radius 1 is 1.03 bits per heavy atom. The van der Waals surface area contributed by atoms with E-state index >= 15 is 0 Å². The highest BCUT2D eigenvalue weighted by atomic mass is 35.5. The first-order valence-corrected chi connectivity index (χ1v) is 12.7. The predicted molar refractivity (Wildman–Crippen MR) is 139 cm³/mol. The number of hydrogen-bond donors (Lipinski definition) is 1. The van der Waals surface area contributed by atoms with Crippen molar-refractivity contribution in [2.75, 3.05) is 29.7 Å². The van der Waals surface area contributed by atoms with Crippen molar-refractivity contribution in [3.05, 3.63) is 65.4 Å². The molecule has 3 aromatic rings. The fraction of sp³-hybridized carbons (Fsp3) is 0.385. The number of halogens is 2. The highest BCUT2D eigenvalue weighted by molar-refractivity contribution is 6.18. The first-order chi connectivity index (χ1) is 16.2. The van der Waals surface area contributed by atoms with Crippen molar-refractivity contribution in [1.82, 2.24) is 9.99 Å². The molecule has 33 heavy (non-hydrogen) atoms. The van der Waals surface area contributed by atoms with Crippen molar-refractivity contribution in [2.45, 2.75) is 38.6 Å². The van der Waals surface area contributed by atoms with Crippen LogP contribution in [0.5, 0.6) is 0 Å². The maximum atomic E-state index is 12.5. The van der Waals surface area contributed by atoms with Gasteiger partial charge in [0.1, 0.15) is 0 Å². The molecule has 7 heteroatoms. The zero-order chi connectivity index (χ0) is 23.0. The number of carbonyl (C=O) groups is 1. The van der Waals surface area contributed by atoms with Gasteiger partial charge in [0.25, 0.3) is 0 Å². The maximum absolute atomic E-state index is 12.5. The molecule has 0 unspecified atom stereocenters. The van der Waals surface area contributed by atoms with Crippen LogP contribution in [0.2, 0.25) is 0 Å². The van der Waals surface area contributed by atoms with E-state index in [-0.39, 0.29) is 5.91 Å². The Hall–Kier alpha value is -2.50. The predicted octanol–water partition coefficient (Wildman–Crippen LogP) is 5.34. The highest BCUT2D eigenvalue weighted by Crippen LogP contribution is 2.32. The van der Waals surface area contributed by atoms with Gasteiger partial charge < -0.3 is 9.47 Å². The topological polar surface area (TPSA) is 49.6 Å². The van der Waals surface area contributed by atoms with Crippen LogP contribution in [0.25, 0.3) is 10.9 Å². The second-order valence-electron chi connectivity index (χ2n) is 8.30. The van der Waals surface area contributed by atoms with E-state index in [1.165, 1.54) is 35.0 Å². The summed E-state index contributed by atoms with van der Waals surface area (Å²) in [6.45, 7) is 2.16. The number of amides is 1. The molecule has 174 valence electrons. The third-order valence-electron chi connectivity index (χ3n) is 6.22. The Bertz CT molecular complexity index is 1100.